The van der Waals surface area contributed by atoms with Gasteiger partial charge in [0.1, 0.15) is 6.10 Å². The van der Waals surface area contributed by atoms with Gasteiger partial charge in [-0.25, -0.2) is 0 Å². The second-order valence-electron chi connectivity index (χ2n) is 3.66. The van der Waals surface area contributed by atoms with Crippen LogP contribution in [0.1, 0.15) is 18.9 Å². The number of pyridine rings is 1. The first-order chi connectivity index (χ1) is 8.24. The van der Waals surface area contributed by atoms with Gasteiger partial charge in [-0.3, -0.25) is 4.98 Å². The van der Waals surface area contributed by atoms with Crippen LogP contribution in [0.3, 0.4) is 0 Å². The fourth-order valence-electron chi connectivity index (χ4n) is 1.49. The Morgan fingerprint density at radius 3 is 3.12 bits per heavy atom. The molecule has 3 aromatic heterocycles. The number of hydrogen-bond donors (Lipinski definition) is 1. The summed E-state index contributed by atoms with van der Waals surface area (Å²) in [4.78, 5) is 8.41. The summed E-state index contributed by atoms with van der Waals surface area (Å²) in [7, 11) is 0. The molecule has 0 bridgehead atoms. The third-order valence-electron chi connectivity index (χ3n) is 2.36. The average molecular weight is 247 g/mol. The highest BCUT2D eigenvalue weighted by atomic mass is 32.1. The molecule has 0 spiro atoms. The summed E-state index contributed by atoms with van der Waals surface area (Å²) in [6.45, 7) is 1.58. The Labute approximate surface area is 101 Å². The van der Waals surface area contributed by atoms with Gasteiger partial charge < -0.3 is 9.63 Å². The molecule has 0 amide bonds. The Morgan fingerprint density at radius 2 is 2.35 bits per heavy atom. The lowest BCUT2D eigenvalue weighted by molar-refractivity contribution is 0.152. The third-order valence-corrected chi connectivity index (χ3v) is 3.21. The Morgan fingerprint density at radius 1 is 1.47 bits per heavy atom. The van der Waals surface area contributed by atoms with Gasteiger partial charge in [-0.2, -0.15) is 4.98 Å². The van der Waals surface area contributed by atoms with Crippen LogP contribution in [-0.4, -0.2) is 20.2 Å². The first-order valence-electron chi connectivity index (χ1n) is 5.09. The molecule has 17 heavy (non-hydrogen) atoms. The van der Waals surface area contributed by atoms with Gasteiger partial charge in [-0.05, 0) is 24.4 Å². The number of hydrogen-bond acceptors (Lipinski definition) is 6. The predicted octanol–water partition coefficient (Wildman–Crippen LogP) is 2.40. The highest BCUT2D eigenvalue weighted by Crippen LogP contribution is 2.24. The average Bonchev–Trinajstić information content (AvgIpc) is 2.97. The van der Waals surface area contributed by atoms with Gasteiger partial charge in [-0.15, -0.1) is 11.3 Å². The number of aromatic nitrogens is 3. The number of aliphatic hydroxyl groups is 1. The Balaban J connectivity index is 2.06. The standard InChI is InChI=1S/C11H9N3O2S/c1-6(15)11-13-10(14-16-11)7-4-9-8(12-5-7)2-3-17-9/h2-6,15H,1H3/t6-/m0/s1. The van der Waals surface area contributed by atoms with Crippen molar-refractivity contribution in [3.8, 4) is 11.4 Å². The number of nitrogens with zero attached hydrogens (tertiary/aromatic N) is 3. The van der Waals surface area contributed by atoms with Gasteiger partial charge in [-0.1, -0.05) is 5.16 Å². The normalized spacial score (nSPS) is 13.1. The van der Waals surface area contributed by atoms with Crippen molar-refractivity contribution in [3.05, 3.63) is 29.6 Å². The summed E-state index contributed by atoms with van der Waals surface area (Å²) in [5.74, 6) is 0.662. The minimum atomic E-state index is -0.755. The molecule has 3 aromatic rings. The molecule has 3 rings (SSSR count). The topological polar surface area (TPSA) is 72.0 Å². The first kappa shape index (κ1) is 10.4. The zero-order chi connectivity index (χ0) is 11.8. The summed E-state index contributed by atoms with van der Waals surface area (Å²) in [5, 5.41) is 15.1. The number of aliphatic hydroxyl groups excluding tert-OH is 1. The zero-order valence-electron chi connectivity index (χ0n) is 8.99. The lowest BCUT2D eigenvalue weighted by atomic mass is 10.2. The SMILES string of the molecule is C[C@H](O)c1nc(-c2cnc3ccsc3c2)no1. The maximum Gasteiger partial charge on any atom is 0.255 e. The highest BCUT2D eigenvalue weighted by Gasteiger charge is 2.13. The number of fused-ring (bicyclic) bond motifs is 1. The minimum absolute atomic E-state index is 0.214. The van der Waals surface area contributed by atoms with Crippen LogP contribution in [0.2, 0.25) is 0 Å². The predicted molar refractivity (Wildman–Crippen MR) is 63.5 cm³/mol. The molecule has 0 radical (unpaired) electrons. The molecule has 86 valence electrons. The van der Waals surface area contributed by atoms with E-state index in [0.29, 0.717) is 5.82 Å². The van der Waals surface area contributed by atoms with E-state index < -0.39 is 6.10 Å². The Hall–Kier alpha value is -1.79. The molecule has 3 heterocycles. The van der Waals surface area contributed by atoms with E-state index in [1.165, 1.54) is 0 Å². The van der Waals surface area contributed by atoms with Gasteiger partial charge in [0.15, 0.2) is 0 Å². The van der Waals surface area contributed by atoms with Crippen molar-refractivity contribution < 1.29 is 9.63 Å². The van der Waals surface area contributed by atoms with Crippen LogP contribution in [-0.2, 0) is 0 Å². The van der Waals surface area contributed by atoms with Crippen molar-refractivity contribution >= 4 is 21.6 Å². The molecule has 0 aliphatic rings. The molecule has 6 heteroatoms. The molecule has 0 saturated heterocycles. The quantitative estimate of drug-likeness (QED) is 0.752. The molecule has 1 atom stereocenters. The van der Waals surface area contributed by atoms with Crippen molar-refractivity contribution in [1.82, 2.24) is 15.1 Å². The lowest BCUT2D eigenvalue weighted by Crippen LogP contribution is -1.90. The van der Waals surface area contributed by atoms with Crippen molar-refractivity contribution in [2.75, 3.05) is 0 Å². The molecule has 0 saturated carbocycles. The summed E-state index contributed by atoms with van der Waals surface area (Å²) in [6.07, 6.45) is 0.945. The van der Waals surface area contributed by atoms with E-state index in [-0.39, 0.29) is 5.89 Å². The van der Waals surface area contributed by atoms with Crippen LogP contribution in [0.4, 0.5) is 0 Å². The monoisotopic (exact) mass is 247 g/mol. The van der Waals surface area contributed by atoms with Crippen molar-refractivity contribution in [3.63, 3.8) is 0 Å². The van der Waals surface area contributed by atoms with E-state index in [1.54, 1.807) is 24.5 Å². The Kier molecular flexibility index (Phi) is 2.38. The molecule has 1 N–H and O–H groups in total. The number of rotatable bonds is 2. The second kappa shape index (κ2) is 3.90. The summed E-state index contributed by atoms with van der Waals surface area (Å²) in [6, 6.07) is 3.92. The molecule has 0 fully saturated rings. The van der Waals surface area contributed by atoms with E-state index in [0.717, 1.165) is 15.8 Å². The van der Waals surface area contributed by atoms with Crippen LogP contribution < -0.4 is 0 Å². The molecule has 0 aliphatic carbocycles. The summed E-state index contributed by atoms with van der Waals surface area (Å²) >= 11 is 1.61. The highest BCUT2D eigenvalue weighted by molar-refractivity contribution is 7.17. The zero-order valence-corrected chi connectivity index (χ0v) is 9.81. The van der Waals surface area contributed by atoms with Gasteiger partial charge in [0.25, 0.3) is 5.89 Å². The molecule has 0 unspecified atom stereocenters. The van der Waals surface area contributed by atoms with E-state index >= 15 is 0 Å². The van der Waals surface area contributed by atoms with Gasteiger partial charge in [0.05, 0.1) is 10.2 Å². The Bertz CT molecular complexity index is 659. The van der Waals surface area contributed by atoms with E-state index in [2.05, 4.69) is 15.1 Å². The molecular weight excluding hydrogens is 238 g/mol. The molecule has 0 aromatic carbocycles. The summed E-state index contributed by atoms with van der Waals surface area (Å²) in [5.41, 5.74) is 1.74. The third kappa shape index (κ3) is 1.81. The van der Waals surface area contributed by atoms with Crippen molar-refractivity contribution in [1.29, 1.82) is 0 Å². The largest absolute Gasteiger partial charge is 0.384 e. The van der Waals surface area contributed by atoms with Gasteiger partial charge in [0, 0.05) is 11.8 Å². The van der Waals surface area contributed by atoms with Crippen LogP contribution in [0.15, 0.2) is 28.2 Å². The summed E-state index contributed by atoms with van der Waals surface area (Å²) < 4.78 is 6.01. The molecule has 0 aliphatic heterocycles. The fourth-order valence-corrected chi connectivity index (χ4v) is 2.27. The van der Waals surface area contributed by atoms with E-state index in [4.69, 9.17) is 4.52 Å². The van der Waals surface area contributed by atoms with E-state index in [1.807, 2.05) is 17.5 Å². The molecular formula is C11H9N3O2S. The maximum absolute atomic E-state index is 9.31. The van der Waals surface area contributed by atoms with Crippen LogP contribution >= 0.6 is 11.3 Å². The van der Waals surface area contributed by atoms with Crippen molar-refractivity contribution in [2.45, 2.75) is 13.0 Å². The van der Waals surface area contributed by atoms with Crippen LogP contribution in [0, 0.1) is 0 Å². The van der Waals surface area contributed by atoms with Crippen LogP contribution in [0.25, 0.3) is 21.6 Å². The van der Waals surface area contributed by atoms with E-state index in [9.17, 15) is 5.11 Å². The van der Waals surface area contributed by atoms with Crippen molar-refractivity contribution in [2.24, 2.45) is 0 Å². The first-order valence-corrected chi connectivity index (χ1v) is 5.97. The smallest absolute Gasteiger partial charge is 0.255 e. The second-order valence-corrected chi connectivity index (χ2v) is 4.61. The minimum Gasteiger partial charge on any atom is -0.384 e. The van der Waals surface area contributed by atoms with Gasteiger partial charge in [0.2, 0.25) is 5.82 Å². The fraction of sp³-hybridized carbons (Fsp3) is 0.182. The number of thiophene rings is 1. The lowest BCUT2D eigenvalue weighted by Gasteiger charge is -1.94. The van der Waals surface area contributed by atoms with Crippen LogP contribution in [0.5, 0.6) is 0 Å². The maximum atomic E-state index is 9.31. The molecule has 5 nitrogen and oxygen atoms in total. The van der Waals surface area contributed by atoms with Gasteiger partial charge >= 0.3 is 0 Å².